The van der Waals surface area contributed by atoms with E-state index in [1.165, 1.54) is 19.5 Å². The van der Waals surface area contributed by atoms with Crippen LogP contribution in [0, 0.1) is 5.92 Å². The number of hydrogen-bond donors (Lipinski definition) is 1. The predicted octanol–water partition coefficient (Wildman–Crippen LogP) is -0.0735. The Hall–Kier alpha value is -0.120. The van der Waals surface area contributed by atoms with E-state index in [2.05, 4.69) is 17.3 Å². The lowest BCUT2D eigenvalue weighted by Crippen LogP contribution is -2.51. The van der Waals surface area contributed by atoms with Crippen LogP contribution in [-0.2, 0) is 4.74 Å². The van der Waals surface area contributed by atoms with E-state index in [9.17, 15) is 0 Å². The molecule has 1 unspecified atom stereocenters. The van der Waals surface area contributed by atoms with Crippen molar-refractivity contribution >= 4 is 0 Å². The number of piperazine rings is 1. The Morgan fingerprint density at radius 1 is 1.50 bits per heavy atom. The Balaban J connectivity index is 1.71. The molecule has 2 rings (SSSR count). The summed E-state index contributed by atoms with van der Waals surface area (Å²) in [6.45, 7) is 5.52. The first-order chi connectivity index (χ1) is 5.84. The molecule has 1 N–H and O–H groups in total. The maximum atomic E-state index is 5.16. The topological polar surface area (TPSA) is 24.5 Å². The first-order valence-corrected chi connectivity index (χ1v) is 4.84. The van der Waals surface area contributed by atoms with Crippen molar-refractivity contribution < 1.29 is 4.74 Å². The van der Waals surface area contributed by atoms with Gasteiger partial charge in [0.05, 0.1) is 13.2 Å². The largest absolute Gasteiger partial charge is 0.381 e. The van der Waals surface area contributed by atoms with Crippen molar-refractivity contribution in [3.8, 4) is 0 Å². The third-order valence-electron chi connectivity index (χ3n) is 2.78. The average Bonchev–Trinajstić information content (AvgIpc) is 1.97. The molecular formula is C9H18N2O. The molecule has 0 aliphatic carbocycles. The summed E-state index contributed by atoms with van der Waals surface area (Å²) in [5.74, 6) is 0.828. The minimum Gasteiger partial charge on any atom is -0.381 e. The minimum absolute atomic E-state index is 0.706. The first kappa shape index (κ1) is 8.48. The zero-order chi connectivity index (χ0) is 8.39. The van der Waals surface area contributed by atoms with Crippen molar-refractivity contribution in [3.63, 3.8) is 0 Å². The molecule has 2 aliphatic rings. The minimum atomic E-state index is 0.706. The SMILES string of the molecule is CN1CCNC(CC2COC2)C1. The Kier molecular flexibility index (Phi) is 2.63. The molecule has 2 heterocycles. The molecule has 0 amide bonds. The lowest BCUT2D eigenvalue weighted by Gasteiger charge is -2.35. The van der Waals surface area contributed by atoms with Crippen molar-refractivity contribution in [2.75, 3.05) is 39.9 Å². The van der Waals surface area contributed by atoms with Gasteiger partial charge in [0.25, 0.3) is 0 Å². The quantitative estimate of drug-likeness (QED) is 0.627. The van der Waals surface area contributed by atoms with Gasteiger partial charge in [-0.1, -0.05) is 0 Å². The molecule has 0 spiro atoms. The van der Waals surface area contributed by atoms with Gasteiger partial charge in [-0.2, -0.15) is 0 Å². The summed E-state index contributed by atoms with van der Waals surface area (Å²) in [4.78, 5) is 2.40. The molecule has 0 aromatic carbocycles. The van der Waals surface area contributed by atoms with E-state index in [1.54, 1.807) is 0 Å². The molecule has 3 nitrogen and oxygen atoms in total. The van der Waals surface area contributed by atoms with Crippen LogP contribution in [-0.4, -0.2) is 50.8 Å². The summed E-state index contributed by atoms with van der Waals surface area (Å²) < 4.78 is 5.16. The normalized spacial score (nSPS) is 33.2. The second kappa shape index (κ2) is 3.73. The van der Waals surface area contributed by atoms with Crippen LogP contribution in [0.5, 0.6) is 0 Å². The van der Waals surface area contributed by atoms with Gasteiger partial charge < -0.3 is 15.0 Å². The zero-order valence-corrected chi connectivity index (χ0v) is 7.75. The molecule has 0 bridgehead atoms. The van der Waals surface area contributed by atoms with Gasteiger partial charge in [0.1, 0.15) is 0 Å². The molecular weight excluding hydrogens is 152 g/mol. The number of hydrogen-bond acceptors (Lipinski definition) is 3. The van der Waals surface area contributed by atoms with Crippen LogP contribution in [0.25, 0.3) is 0 Å². The van der Waals surface area contributed by atoms with Gasteiger partial charge in [0, 0.05) is 31.6 Å². The summed E-state index contributed by atoms with van der Waals surface area (Å²) >= 11 is 0. The van der Waals surface area contributed by atoms with E-state index in [4.69, 9.17) is 4.74 Å². The van der Waals surface area contributed by atoms with E-state index in [0.717, 1.165) is 25.7 Å². The second-order valence-electron chi connectivity index (χ2n) is 4.05. The maximum Gasteiger partial charge on any atom is 0.0517 e. The first-order valence-electron chi connectivity index (χ1n) is 4.84. The van der Waals surface area contributed by atoms with Crippen molar-refractivity contribution in [3.05, 3.63) is 0 Å². The molecule has 0 saturated carbocycles. The fourth-order valence-electron chi connectivity index (χ4n) is 1.97. The summed E-state index contributed by atoms with van der Waals surface area (Å²) in [5.41, 5.74) is 0. The smallest absolute Gasteiger partial charge is 0.0517 e. The van der Waals surface area contributed by atoms with Crippen LogP contribution in [0.1, 0.15) is 6.42 Å². The number of likely N-dealkylation sites (N-methyl/N-ethyl adjacent to an activating group) is 1. The zero-order valence-electron chi connectivity index (χ0n) is 7.75. The van der Waals surface area contributed by atoms with E-state index in [0.29, 0.717) is 6.04 Å². The summed E-state index contributed by atoms with van der Waals surface area (Å²) in [7, 11) is 2.20. The number of rotatable bonds is 2. The molecule has 3 heteroatoms. The fourth-order valence-corrected chi connectivity index (χ4v) is 1.97. The Morgan fingerprint density at radius 3 is 2.92 bits per heavy atom. The summed E-state index contributed by atoms with van der Waals surface area (Å²) in [5, 5.41) is 3.55. The summed E-state index contributed by atoms with van der Waals surface area (Å²) in [6, 6.07) is 0.706. The van der Waals surface area contributed by atoms with Crippen LogP contribution in [0.3, 0.4) is 0 Å². The van der Waals surface area contributed by atoms with Crippen LogP contribution >= 0.6 is 0 Å². The summed E-state index contributed by atoms with van der Waals surface area (Å²) in [6.07, 6.45) is 1.30. The van der Waals surface area contributed by atoms with Gasteiger partial charge in [-0.05, 0) is 13.5 Å². The number of nitrogens with zero attached hydrogens (tertiary/aromatic N) is 1. The Labute approximate surface area is 74.1 Å². The third kappa shape index (κ3) is 1.97. The molecule has 70 valence electrons. The van der Waals surface area contributed by atoms with E-state index >= 15 is 0 Å². The molecule has 2 saturated heterocycles. The highest BCUT2D eigenvalue weighted by Crippen LogP contribution is 2.17. The molecule has 0 aromatic rings. The van der Waals surface area contributed by atoms with Crippen LogP contribution in [0.4, 0.5) is 0 Å². The van der Waals surface area contributed by atoms with Gasteiger partial charge >= 0.3 is 0 Å². The maximum absolute atomic E-state index is 5.16. The van der Waals surface area contributed by atoms with Gasteiger partial charge in [0.2, 0.25) is 0 Å². The average molecular weight is 170 g/mol. The van der Waals surface area contributed by atoms with Crippen LogP contribution in [0.15, 0.2) is 0 Å². The van der Waals surface area contributed by atoms with E-state index in [-0.39, 0.29) is 0 Å². The molecule has 2 fully saturated rings. The fraction of sp³-hybridized carbons (Fsp3) is 1.00. The highest BCUT2D eigenvalue weighted by Gasteiger charge is 2.24. The monoisotopic (exact) mass is 170 g/mol. The predicted molar refractivity (Wildman–Crippen MR) is 48.2 cm³/mol. The van der Waals surface area contributed by atoms with Gasteiger partial charge in [-0.15, -0.1) is 0 Å². The lowest BCUT2D eigenvalue weighted by molar-refractivity contribution is -0.0419. The third-order valence-corrected chi connectivity index (χ3v) is 2.78. The van der Waals surface area contributed by atoms with Crippen LogP contribution < -0.4 is 5.32 Å². The molecule has 2 aliphatic heterocycles. The van der Waals surface area contributed by atoms with Crippen molar-refractivity contribution in [2.45, 2.75) is 12.5 Å². The highest BCUT2D eigenvalue weighted by molar-refractivity contribution is 4.81. The number of ether oxygens (including phenoxy) is 1. The van der Waals surface area contributed by atoms with E-state index in [1.807, 2.05) is 0 Å². The van der Waals surface area contributed by atoms with Crippen molar-refractivity contribution in [1.29, 1.82) is 0 Å². The Morgan fingerprint density at radius 2 is 2.33 bits per heavy atom. The Bertz CT molecular complexity index is 147. The molecule has 1 atom stereocenters. The molecule has 0 radical (unpaired) electrons. The lowest BCUT2D eigenvalue weighted by atomic mass is 9.97. The standard InChI is InChI=1S/C9H18N2O/c1-11-3-2-10-9(5-11)4-8-6-12-7-8/h8-10H,2-7H2,1H3. The molecule has 12 heavy (non-hydrogen) atoms. The second-order valence-corrected chi connectivity index (χ2v) is 4.05. The number of nitrogens with one attached hydrogen (secondary N) is 1. The van der Waals surface area contributed by atoms with Crippen molar-refractivity contribution in [2.24, 2.45) is 5.92 Å². The van der Waals surface area contributed by atoms with Crippen LogP contribution in [0.2, 0.25) is 0 Å². The highest BCUT2D eigenvalue weighted by atomic mass is 16.5. The molecule has 0 aromatic heterocycles. The van der Waals surface area contributed by atoms with Crippen molar-refractivity contribution in [1.82, 2.24) is 10.2 Å². The van der Waals surface area contributed by atoms with Gasteiger partial charge in [-0.25, -0.2) is 0 Å². The van der Waals surface area contributed by atoms with E-state index < -0.39 is 0 Å². The van der Waals surface area contributed by atoms with Gasteiger partial charge in [-0.3, -0.25) is 0 Å². The van der Waals surface area contributed by atoms with Gasteiger partial charge in [0.15, 0.2) is 0 Å².